The summed E-state index contributed by atoms with van der Waals surface area (Å²) >= 11 is 5.67. The molecule has 4 rings (SSSR count). The van der Waals surface area contributed by atoms with Crippen LogP contribution in [0, 0.1) is 0 Å². The highest BCUT2D eigenvalue weighted by molar-refractivity contribution is 7.80. The van der Waals surface area contributed by atoms with E-state index in [0.29, 0.717) is 6.54 Å². The fourth-order valence-corrected chi connectivity index (χ4v) is 3.67. The monoisotopic (exact) mass is 349 g/mol. The maximum Gasteiger partial charge on any atom is 0.170 e. The van der Waals surface area contributed by atoms with E-state index in [2.05, 4.69) is 56.2 Å². The van der Waals surface area contributed by atoms with Crippen molar-refractivity contribution in [1.29, 1.82) is 0 Å². The zero-order valence-electron chi connectivity index (χ0n) is 13.9. The van der Waals surface area contributed by atoms with Crippen LogP contribution in [0.15, 0.2) is 67.3 Å². The van der Waals surface area contributed by atoms with Crippen molar-refractivity contribution in [2.24, 2.45) is 7.05 Å². The van der Waals surface area contributed by atoms with Gasteiger partial charge in [-0.1, -0.05) is 12.1 Å². The Morgan fingerprint density at radius 1 is 1.12 bits per heavy atom. The molecule has 6 heteroatoms. The highest BCUT2D eigenvalue weighted by atomic mass is 32.1. The lowest BCUT2D eigenvalue weighted by molar-refractivity contribution is 0.299. The van der Waals surface area contributed by atoms with Crippen molar-refractivity contribution in [2.45, 2.75) is 18.6 Å². The van der Waals surface area contributed by atoms with Crippen LogP contribution in [0.3, 0.4) is 0 Å². The van der Waals surface area contributed by atoms with Crippen LogP contribution in [0.4, 0.5) is 0 Å². The molecule has 2 atom stereocenters. The van der Waals surface area contributed by atoms with Gasteiger partial charge in [-0.15, -0.1) is 0 Å². The Morgan fingerprint density at radius 2 is 2.04 bits per heavy atom. The molecule has 1 N–H and O–H groups in total. The lowest BCUT2D eigenvalue weighted by Crippen LogP contribution is -2.29. The molecule has 0 unspecified atom stereocenters. The minimum atomic E-state index is 0.0129. The van der Waals surface area contributed by atoms with Gasteiger partial charge in [0, 0.05) is 44.1 Å². The molecule has 3 aromatic heterocycles. The molecule has 3 aromatic rings. The van der Waals surface area contributed by atoms with Crippen LogP contribution < -0.4 is 5.32 Å². The van der Waals surface area contributed by atoms with E-state index in [-0.39, 0.29) is 12.1 Å². The molecule has 0 bridgehead atoms. The third-order valence-corrected chi connectivity index (χ3v) is 4.91. The minimum Gasteiger partial charge on any atom is -0.353 e. The molecule has 126 valence electrons. The predicted molar refractivity (Wildman–Crippen MR) is 101 cm³/mol. The first-order valence-electron chi connectivity index (χ1n) is 8.22. The van der Waals surface area contributed by atoms with Gasteiger partial charge >= 0.3 is 0 Å². The molecule has 0 amide bonds. The van der Waals surface area contributed by atoms with E-state index in [0.717, 1.165) is 16.4 Å². The van der Waals surface area contributed by atoms with Crippen molar-refractivity contribution in [1.82, 2.24) is 24.8 Å². The van der Waals surface area contributed by atoms with Crippen LogP contribution in [0.5, 0.6) is 0 Å². The van der Waals surface area contributed by atoms with Gasteiger partial charge in [-0.2, -0.15) is 0 Å². The maximum atomic E-state index is 5.67. The second-order valence-electron chi connectivity index (χ2n) is 6.16. The first-order valence-corrected chi connectivity index (χ1v) is 8.63. The molecular formula is C19H19N5S. The Balaban J connectivity index is 1.74. The van der Waals surface area contributed by atoms with Gasteiger partial charge in [0.2, 0.25) is 0 Å². The quantitative estimate of drug-likeness (QED) is 0.734. The van der Waals surface area contributed by atoms with Crippen LogP contribution in [0.25, 0.3) is 0 Å². The third kappa shape index (κ3) is 3.00. The van der Waals surface area contributed by atoms with Gasteiger partial charge in [0.15, 0.2) is 5.11 Å². The van der Waals surface area contributed by atoms with E-state index < -0.39 is 0 Å². The van der Waals surface area contributed by atoms with Gasteiger partial charge in [-0.25, -0.2) is 0 Å². The van der Waals surface area contributed by atoms with Gasteiger partial charge < -0.3 is 14.8 Å². The van der Waals surface area contributed by atoms with Crippen LogP contribution >= 0.6 is 12.2 Å². The minimum absolute atomic E-state index is 0.0129. The first kappa shape index (κ1) is 15.8. The summed E-state index contributed by atoms with van der Waals surface area (Å²) in [5, 5.41) is 4.21. The topological polar surface area (TPSA) is 46.0 Å². The van der Waals surface area contributed by atoms with Crippen molar-refractivity contribution in [3.05, 3.63) is 84.2 Å². The van der Waals surface area contributed by atoms with E-state index in [4.69, 9.17) is 12.2 Å². The molecule has 0 spiro atoms. The van der Waals surface area contributed by atoms with E-state index in [1.54, 1.807) is 6.20 Å². The number of aryl methyl sites for hydroxylation is 1. The van der Waals surface area contributed by atoms with Gasteiger partial charge in [0.1, 0.15) is 0 Å². The van der Waals surface area contributed by atoms with Crippen LogP contribution in [0.1, 0.15) is 29.0 Å². The molecule has 1 saturated heterocycles. The van der Waals surface area contributed by atoms with Gasteiger partial charge in [0.25, 0.3) is 0 Å². The summed E-state index contributed by atoms with van der Waals surface area (Å²) in [4.78, 5) is 11.0. The molecule has 1 aliphatic heterocycles. The summed E-state index contributed by atoms with van der Waals surface area (Å²) in [5.74, 6) is 0. The Labute approximate surface area is 152 Å². The second-order valence-corrected chi connectivity index (χ2v) is 6.55. The second kappa shape index (κ2) is 6.64. The molecule has 0 radical (unpaired) electrons. The van der Waals surface area contributed by atoms with E-state index in [1.165, 1.54) is 5.69 Å². The largest absolute Gasteiger partial charge is 0.353 e. The average molecular weight is 349 g/mol. The number of aromatic nitrogens is 3. The fourth-order valence-electron chi connectivity index (χ4n) is 3.37. The number of hydrogen-bond donors (Lipinski definition) is 1. The molecule has 4 heterocycles. The van der Waals surface area contributed by atoms with E-state index in [1.807, 2.05) is 36.7 Å². The summed E-state index contributed by atoms with van der Waals surface area (Å²) in [6, 6.07) is 14.3. The van der Waals surface area contributed by atoms with Crippen molar-refractivity contribution < 1.29 is 0 Å². The van der Waals surface area contributed by atoms with Gasteiger partial charge in [-0.3, -0.25) is 9.97 Å². The summed E-state index contributed by atoms with van der Waals surface area (Å²) in [7, 11) is 2.06. The predicted octanol–water partition coefficient (Wildman–Crippen LogP) is 2.99. The lowest BCUT2D eigenvalue weighted by Gasteiger charge is -2.28. The molecule has 1 aliphatic rings. The van der Waals surface area contributed by atoms with Gasteiger partial charge in [-0.05, 0) is 48.1 Å². The zero-order chi connectivity index (χ0) is 17.2. The van der Waals surface area contributed by atoms with E-state index in [9.17, 15) is 0 Å². The molecular weight excluding hydrogens is 330 g/mol. The molecule has 0 aliphatic carbocycles. The zero-order valence-corrected chi connectivity index (χ0v) is 14.7. The van der Waals surface area contributed by atoms with Crippen LogP contribution in [-0.2, 0) is 13.6 Å². The van der Waals surface area contributed by atoms with Crippen molar-refractivity contribution >= 4 is 17.3 Å². The molecule has 0 saturated carbocycles. The summed E-state index contributed by atoms with van der Waals surface area (Å²) in [5.41, 5.74) is 3.32. The summed E-state index contributed by atoms with van der Waals surface area (Å²) in [6.45, 7) is 0.707. The third-order valence-electron chi connectivity index (χ3n) is 4.56. The number of nitrogens with one attached hydrogen (secondary N) is 1. The van der Waals surface area contributed by atoms with Crippen molar-refractivity contribution in [2.75, 3.05) is 0 Å². The molecule has 0 aromatic carbocycles. The highest BCUT2D eigenvalue weighted by Gasteiger charge is 2.40. The molecule has 5 nitrogen and oxygen atoms in total. The molecule has 25 heavy (non-hydrogen) atoms. The lowest BCUT2D eigenvalue weighted by atomic mass is 10.0. The van der Waals surface area contributed by atoms with Gasteiger partial charge in [0.05, 0.1) is 17.8 Å². The number of rotatable bonds is 4. The SMILES string of the molecule is Cn1cccc1[C@H]1[C@@H](c2ccccn2)NC(=S)N1Cc1cccnc1. The Bertz CT molecular complexity index is 862. The molecule has 1 fully saturated rings. The highest BCUT2D eigenvalue weighted by Crippen LogP contribution is 2.39. The smallest absolute Gasteiger partial charge is 0.170 e. The summed E-state index contributed by atoms with van der Waals surface area (Å²) < 4.78 is 2.15. The Morgan fingerprint density at radius 3 is 2.72 bits per heavy atom. The number of nitrogens with zero attached hydrogens (tertiary/aromatic N) is 4. The van der Waals surface area contributed by atoms with Crippen LogP contribution in [-0.4, -0.2) is 24.5 Å². The van der Waals surface area contributed by atoms with Crippen molar-refractivity contribution in [3.8, 4) is 0 Å². The average Bonchev–Trinajstić information content (AvgIpc) is 3.20. The van der Waals surface area contributed by atoms with Crippen LogP contribution in [0.2, 0.25) is 0 Å². The summed E-state index contributed by atoms with van der Waals surface area (Å²) in [6.07, 6.45) is 7.56. The number of pyridine rings is 2. The van der Waals surface area contributed by atoms with Crippen molar-refractivity contribution in [3.63, 3.8) is 0 Å². The maximum absolute atomic E-state index is 5.67. The number of hydrogen-bond acceptors (Lipinski definition) is 3. The van der Waals surface area contributed by atoms with E-state index >= 15 is 0 Å². The number of thiocarbonyl (C=S) groups is 1. The Hall–Kier alpha value is -2.73. The fraction of sp³-hybridized carbons (Fsp3) is 0.211. The first-order chi connectivity index (χ1) is 12.2. The Kier molecular flexibility index (Phi) is 4.19. The standard InChI is InChI=1S/C19H19N5S/c1-23-11-5-8-16(23)18-17(15-7-2-3-10-21-15)22-19(25)24(18)13-14-6-4-9-20-12-14/h2-12,17-18H,13H2,1H3,(H,22,25)/t17-,18+/m1/s1. The normalized spacial score (nSPS) is 19.9.